The van der Waals surface area contributed by atoms with Crippen molar-refractivity contribution >= 4 is 38.7 Å². The van der Waals surface area contributed by atoms with Gasteiger partial charge in [0.05, 0.1) is 20.4 Å². The van der Waals surface area contributed by atoms with Crippen LogP contribution in [0.1, 0.15) is 22.3 Å². The van der Waals surface area contributed by atoms with Crippen LogP contribution in [0.4, 0.5) is 11.4 Å². The molecule has 0 bridgehead atoms. The van der Waals surface area contributed by atoms with E-state index in [0.29, 0.717) is 25.1 Å². The number of amides is 1. The summed E-state index contributed by atoms with van der Waals surface area (Å²) in [6, 6.07) is 8.38. The number of non-ortho nitro benzene ring substituents is 1. The predicted molar refractivity (Wildman–Crippen MR) is 97.7 cm³/mol. The Bertz CT molecular complexity index is 1020. The van der Waals surface area contributed by atoms with Gasteiger partial charge in [0.25, 0.3) is 11.6 Å². The molecule has 0 atom stereocenters. The Morgan fingerprint density at radius 2 is 1.96 bits per heavy atom. The molecule has 26 heavy (non-hydrogen) atoms. The largest absolute Gasteiger partial charge is 0.308 e. The van der Waals surface area contributed by atoms with Crippen LogP contribution >= 0.6 is 11.6 Å². The molecule has 3 rings (SSSR count). The summed E-state index contributed by atoms with van der Waals surface area (Å²) in [6.45, 7) is 0.456. The van der Waals surface area contributed by atoms with Crippen LogP contribution in [0.25, 0.3) is 0 Å². The zero-order valence-electron chi connectivity index (χ0n) is 13.8. The third-order valence-corrected chi connectivity index (χ3v) is 5.66. The summed E-state index contributed by atoms with van der Waals surface area (Å²) in [5, 5.41) is 10.8. The van der Waals surface area contributed by atoms with Gasteiger partial charge in [-0.25, -0.2) is 8.42 Å². The minimum absolute atomic E-state index is 0.00378. The van der Waals surface area contributed by atoms with Crippen LogP contribution in [-0.2, 0) is 16.3 Å². The number of rotatable bonds is 3. The summed E-state index contributed by atoms with van der Waals surface area (Å²) in [7, 11) is -3.33. The Morgan fingerprint density at radius 1 is 1.23 bits per heavy atom. The Balaban J connectivity index is 1.99. The SMILES string of the molecule is CS(=O)(=O)c1ccc2c(c1)CCCN2C(=O)c1ccc([N+](=O)[O-])cc1Cl. The summed E-state index contributed by atoms with van der Waals surface area (Å²) < 4.78 is 23.5. The average Bonchev–Trinajstić information content (AvgIpc) is 2.59. The highest BCUT2D eigenvalue weighted by atomic mass is 35.5. The fourth-order valence-electron chi connectivity index (χ4n) is 2.95. The van der Waals surface area contributed by atoms with Crippen LogP contribution in [0.3, 0.4) is 0 Å². The van der Waals surface area contributed by atoms with Crippen molar-refractivity contribution in [1.82, 2.24) is 0 Å². The zero-order valence-corrected chi connectivity index (χ0v) is 15.4. The first kappa shape index (κ1) is 18.3. The second-order valence-electron chi connectivity index (χ2n) is 6.04. The number of anilines is 1. The van der Waals surface area contributed by atoms with Crippen LogP contribution in [0.5, 0.6) is 0 Å². The zero-order chi connectivity index (χ0) is 19.1. The Labute approximate surface area is 155 Å². The van der Waals surface area contributed by atoms with E-state index in [9.17, 15) is 23.3 Å². The van der Waals surface area contributed by atoms with Gasteiger partial charge in [0.1, 0.15) is 0 Å². The van der Waals surface area contributed by atoms with E-state index in [1.165, 1.54) is 23.1 Å². The van der Waals surface area contributed by atoms with Crippen molar-refractivity contribution in [2.75, 3.05) is 17.7 Å². The van der Waals surface area contributed by atoms with Crippen LogP contribution in [0.2, 0.25) is 5.02 Å². The Hall–Kier alpha value is -2.45. The molecule has 0 spiro atoms. The van der Waals surface area contributed by atoms with Crippen LogP contribution in [0, 0.1) is 10.1 Å². The molecule has 0 N–H and O–H groups in total. The van der Waals surface area contributed by atoms with Gasteiger partial charge in [0.2, 0.25) is 0 Å². The number of hydrogen-bond acceptors (Lipinski definition) is 5. The van der Waals surface area contributed by atoms with Gasteiger partial charge in [-0.1, -0.05) is 11.6 Å². The topological polar surface area (TPSA) is 97.6 Å². The van der Waals surface area contributed by atoms with Crippen LogP contribution < -0.4 is 4.90 Å². The molecule has 7 nitrogen and oxygen atoms in total. The predicted octanol–water partition coefficient (Wildman–Crippen LogP) is 3.24. The molecule has 0 saturated heterocycles. The first-order valence-electron chi connectivity index (χ1n) is 7.77. The van der Waals surface area contributed by atoms with Crippen molar-refractivity contribution < 1.29 is 18.1 Å². The summed E-state index contributed by atoms with van der Waals surface area (Å²) >= 11 is 6.07. The maximum atomic E-state index is 12.9. The third-order valence-electron chi connectivity index (χ3n) is 4.24. The van der Waals surface area contributed by atoms with E-state index < -0.39 is 14.8 Å². The number of hydrogen-bond donors (Lipinski definition) is 0. The number of sulfone groups is 1. The van der Waals surface area contributed by atoms with Crippen molar-refractivity contribution in [2.45, 2.75) is 17.7 Å². The molecular formula is C17H15ClN2O5S. The van der Waals surface area contributed by atoms with Crippen molar-refractivity contribution in [3.8, 4) is 0 Å². The maximum Gasteiger partial charge on any atom is 0.270 e. The number of nitrogens with zero attached hydrogens (tertiary/aromatic N) is 2. The molecule has 1 aliphatic heterocycles. The number of nitro benzene ring substituents is 1. The normalized spacial score (nSPS) is 14.0. The number of fused-ring (bicyclic) bond motifs is 1. The van der Waals surface area contributed by atoms with Gasteiger partial charge < -0.3 is 4.90 Å². The first-order chi connectivity index (χ1) is 12.2. The summed E-state index contributed by atoms with van der Waals surface area (Å²) in [5.74, 6) is -0.377. The highest BCUT2D eigenvalue weighted by Gasteiger charge is 2.26. The monoisotopic (exact) mass is 394 g/mol. The second-order valence-corrected chi connectivity index (χ2v) is 8.47. The molecule has 1 heterocycles. The van der Waals surface area contributed by atoms with Gasteiger partial charge in [-0.2, -0.15) is 0 Å². The molecule has 0 radical (unpaired) electrons. The van der Waals surface area contributed by atoms with Gasteiger partial charge in [-0.15, -0.1) is 0 Å². The van der Waals surface area contributed by atoms with Crippen molar-refractivity contribution in [1.29, 1.82) is 0 Å². The fraction of sp³-hybridized carbons (Fsp3) is 0.235. The average molecular weight is 395 g/mol. The molecule has 136 valence electrons. The number of carbonyl (C=O) groups excluding carboxylic acids is 1. The standard InChI is InChI=1S/C17H15ClN2O5S/c1-26(24,25)13-5-7-16-11(9-13)3-2-8-19(16)17(21)14-6-4-12(20(22)23)10-15(14)18/h4-7,9-10H,2-3,8H2,1H3. The molecule has 1 aliphatic rings. The summed E-state index contributed by atoms with van der Waals surface area (Å²) in [6.07, 6.45) is 2.48. The van der Waals surface area contributed by atoms with E-state index in [-0.39, 0.29) is 27.1 Å². The van der Waals surface area contributed by atoms with Gasteiger partial charge in [-0.05, 0) is 42.7 Å². The number of nitro groups is 1. The minimum atomic E-state index is -3.33. The minimum Gasteiger partial charge on any atom is -0.308 e. The highest BCUT2D eigenvalue weighted by Crippen LogP contribution is 2.32. The first-order valence-corrected chi connectivity index (χ1v) is 10.0. The van der Waals surface area contributed by atoms with E-state index in [1.807, 2.05) is 0 Å². The van der Waals surface area contributed by atoms with Crippen LogP contribution in [0.15, 0.2) is 41.3 Å². The van der Waals surface area contributed by atoms with E-state index in [4.69, 9.17) is 11.6 Å². The molecule has 9 heteroatoms. The van der Waals surface area contributed by atoms with Gasteiger partial charge in [-0.3, -0.25) is 14.9 Å². The molecule has 0 fully saturated rings. The lowest BCUT2D eigenvalue weighted by molar-refractivity contribution is -0.384. The number of carbonyl (C=O) groups is 1. The lowest BCUT2D eigenvalue weighted by Gasteiger charge is -2.30. The molecule has 0 aromatic heterocycles. The molecular weight excluding hydrogens is 380 g/mol. The fourth-order valence-corrected chi connectivity index (χ4v) is 3.88. The molecule has 0 aliphatic carbocycles. The Kier molecular flexibility index (Phi) is 4.72. The summed E-state index contributed by atoms with van der Waals surface area (Å²) in [4.78, 5) is 24.9. The smallest absolute Gasteiger partial charge is 0.270 e. The third kappa shape index (κ3) is 3.42. The van der Waals surface area contributed by atoms with Crippen molar-refractivity contribution in [3.63, 3.8) is 0 Å². The van der Waals surface area contributed by atoms with E-state index in [2.05, 4.69) is 0 Å². The molecule has 1 amide bonds. The summed E-state index contributed by atoms with van der Waals surface area (Å²) in [5.41, 5.74) is 1.37. The molecule has 0 unspecified atom stereocenters. The van der Waals surface area contributed by atoms with E-state index in [0.717, 1.165) is 17.9 Å². The lowest BCUT2D eigenvalue weighted by Crippen LogP contribution is -2.35. The van der Waals surface area contributed by atoms with E-state index >= 15 is 0 Å². The number of halogens is 1. The molecule has 0 saturated carbocycles. The number of aryl methyl sites for hydroxylation is 1. The van der Waals surface area contributed by atoms with Gasteiger partial charge >= 0.3 is 0 Å². The van der Waals surface area contributed by atoms with Crippen LogP contribution in [-0.4, -0.2) is 32.0 Å². The second kappa shape index (κ2) is 6.69. The van der Waals surface area contributed by atoms with Gasteiger partial charge in [0, 0.05) is 30.6 Å². The lowest BCUT2D eigenvalue weighted by atomic mass is 10.0. The van der Waals surface area contributed by atoms with E-state index in [1.54, 1.807) is 12.1 Å². The highest BCUT2D eigenvalue weighted by molar-refractivity contribution is 7.90. The Morgan fingerprint density at radius 3 is 2.58 bits per heavy atom. The van der Waals surface area contributed by atoms with Gasteiger partial charge in [0.15, 0.2) is 9.84 Å². The quantitative estimate of drug-likeness (QED) is 0.588. The van der Waals surface area contributed by atoms with Crippen molar-refractivity contribution in [3.05, 3.63) is 62.7 Å². The maximum absolute atomic E-state index is 12.9. The molecule has 2 aromatic carbocycles. The molecule has 2 aromatic rings. The van der Waals surface area contributed by atoms with Crippen molar-refractivity contribution in [2.24, 2.45) is 0 Å². The number of benzene rings is 2.